The van der Waals surface area contributed by atoms with Crippen LogP contribution in [0.3, 0.4) is 0 Å². The van der Waals surface area contributed by atoms with E-state index in [2.05, 4.69) is 21.4 Å². The van der Waals surface area contributed by atoms with Crippen LogP contribution in [0.25, 0.3) is 0 Å². The lowest BCUT2D eigenvalue weighted by Gasteiger charge is -2.21. The molecule has 0 aromatic rings. The van der Waals surface area contributed by atoms with Gasteiger partial charge in [0.05, 0.1) is 0 Å². The third-order valence-electron chi connectivity index (χ3n) is 1.49. The zero-order valence-corrected chi connectivity index (χ0v) is 17.0. The molecular formula is C14H32N6O4S. The molecule has 8 N–H and O–H groups in total. The van der Waals surface area contributed by atoms with Crippen LogP contribution in [0.1, 0.15) is 41.5 Å². The molecule has 148 valence electrons. The van der Waals surface area contributed by atoms with E-state index in [4.69, 9.17) is 33.2 Å². The maximum atomic E-state index is 11.3. The van der Waals surface area contributed by atoms with Crippen LogP contribution in [0, 0.1) is 0 Å². The Morgan fingerprint density at radius 3 is 1.28 bits per heavy atom. The second-order valence-electron chi connectivity index (χ2n) is 6.23. The summed E-state index contributed by atoms with van der Waals surface area (Å²) in [5.74, 6) is 0.130. The smallest absolute Gasteiger partial charge is 0.413 e. The SMILES string of the molecule is CC(C)(C)OC(=O)NC(=S)NC(=O)OC(C)(C)C.CN.CN=C(N)N. The van der Waals surface area contributed by atoms with Crippen molar-refractivity contribution >= 4 is 35.5 Å². The van der Waals surface area contributed by atoms with Gasteiger partial charge in [-0.3, -0.25) is 15.6 Å². The molecule has 0 aromatic carbocycles. The number of nitrogens with one attached hydrogen (secondary N) is 2. The van der Waals surface area contributed by atoms with E-state index in [1.54, 1.807) is 41.5 Å². The fourth-order valence-corrected chi connectivity index (χ4v) is 0.991. The highest BCUT2D eigenvalue weighted by atomic mass is 32.1. The Morgan fingerprint density at radius 1 is 0.880 bits per heavy atom. The summed E-state index contributed by atoms with van der Waals surface area (Å²) in [6, 6.07) is 0. The molecular weight excluding hydrogens is 348 g/mol. The zero-order valence-electron chi connectivity index (χ0n) is 16.2. The van der Waals surface area contributed by atoms with Crippen molar-refractivity contribution in [3.63, 3.8) is 0 Å². The van der Waals surface area contributed by atoms with E-state index >= 15 is 0 Å². The van der Waals surface area contributed by atoms with E-state index in [1.807, 2.05) is 0 Å². The van der Waals surface area contributed by atoms with Gasteiger partial charge < -0.3 is 26.7 Å². The standard InChI is InChI=1S/C11H20N2O4S.C2H7N3.CH5N/c1-10(2,3)16-8(14)12-7(18)13-9(15)17-11(4,5)6;1-5-2(3)4;1-2/h1-6H3,(H2,12,13,14,15,18);1H3,(H4,3,4,5);2H2,1H3. The molecule has 0 bridgehead atoms. The maximum Gasteiger partial charge on any atom is 0.413 e. The van der Waals surface area contributed by atoms with Crippen molar-refractivity contribution in [1.82, 2.24) is 10.6 Å². The molecule has 0 fully saturated rings. The molecule has 0 aliphatic carbocycles. The summed E-state index contributed by atoms with van der Waals surface area (Å²) in [6.45, 7) is 10.3. The Morgan fingerprint density at radius 2 is 1.12 bits per heavy atom. The number of carbonyl (C=O) groups is 2. The Hall–Kier alpha value is -2.14. The number of guanidine groups is 1. The molecule has 0 spiro atoms. The Labute approximate surface area is 154 Å². The van der Waals surface area contributed by atoms with Crippen LogP contribution in [-0.2, 0) is 9.47 Å². The molecule has 11 heteroatoms. The summed E-state index contributed by atoms with van der Waals surface area (Å²) in [4.78, 5) is 26.0. The summed E-state index contributed by atoms with van der Waals surface area (Å²) in [5, 5.41) is 4.25. The summed E-state index contributed by atoms with van der Waals surface area (Å²) >= 11 is 4.76. The van der Waals surface area contributed by atoms with Crippen molar-refractivity contribution in [3.8, 4) is 0 Å². The van der Waals surface area contributed by atoms with Crippen molar-refractivity contribution in [1.29, 1.82) is 0 Å². The van der Waals surface area contributed by atoms with Crippen LogP contribution in [0.5, 0.6) is 0 Å². The molecule has 2 amide bonds. The predicted octanol–water partition coefficient (Wildman–Crippen LogP) is 0.785. The first-order valence-electron chi connectivity index (χ1n) is 7.25. The Kier molecular flexibility index (Phi) is 14.6. The molecule has 0 saturated carbocycles. The van der Waals surface area contributed by atoms with Gasteiger partial charge in [0.25, 0.3) is 0 Å². The van der Waals surface area contributed by atoms with Crippen molar-refractivity contribution in [2.45, 2.75) is 52.7 Å². The molecule has 0 saturated heterocycles. The number of thiocarbonyl (C=S) groups is 1. The van der Waals surface area contributed by atoms with Gasteiger partial charge in [0, 0.05) is 7.05 Å². The fraction of sp³-hybridized carbons (Fsp3) is 0.714. The van der Waals surface area contributed by atoms with Crippen molar-refractivity contribution in [2.75, 3.05) is 14.1 Å². The number of hydrogen-bond acceptors (Lipinski definition) is 7. The molecule has 0 aliphatic rings. The number of amides is 2. The lowest BCUT2D eigenvalue weighted by atomic mass is 10.2. The minimum Gasteiger partial charge on any atom is -0.444 e. The summed E-state index contributed by atoms with van der Waals surface area (Å²) in [6.07, 6.45) is -1.47. The highest BCUT2D eigenvalue weighted by Crippen LogP contribution is 2.07. The quantitative estimate of drug-likeness (QED) is 0.233. The second-order valence-corrected chi connectivity index (χ2v) is 6.64. The number of hydrogen-bond donors (Lipinski definition) is 5. The van der Waals surface area contributed by atoms with Crippen LogP contribution in [0.4, 0.5) is 9.59 Å². The van der Waals surface area contributed by atoms with E-state index in [1.165, 1.54) is 14.1 Å². The third kappa shape index (κ3) is 27.0. The summed E-state index contributed by atoms with van der Waals surface area (Å²) in [7, 11) is 3.04. The molecule has 0 atom stereocenters. The third-order valence-corrected chi connectivity index (χ3v) is 1.69. The van der Waals surface area contributed by atoms with E-state index in [9.17, 15) is 9.59 Å². The van der Waals surface area contributed by atoms with Gasteiger partial charge in [-0.1, -0.05) is 0 Å². The van der Waals surface area contributed by atoms with Crippen LogP contribution >= 0.6 is 12.2 Å². The normalized spacial score (nSPS) is 9.80. The number of carbonyl (C=O) groups excluding carboxylic acids is 2. The van der Waals surface area contributed by atoms with Crippen LogP contribution in [0.15, 0.2) is 4.99 Å². The molecule has 10 nitrogen and oxygen atoms in total. The first-order valence-corrected chi connectivity index (χ1v) is 7.66. The van der Waals surface area contributed by atoms with Crippen LogP contribution < -0.4 is 27.8 Å². The topological polar surface area (TPSA) is 167 Å². The van der Waals surface area contributed by atoms with Gasteiger partial charge >= 0.3 is 12.2 Å². The second kappa shape index (κ2) is 13.2. The highest BCUT2D eigenvalue weighted by Gasteiger charge is 2.20. The summed E-state index contributed by atoms with van der Waals surface area (Å²) < 4.78 is 9.92. The molecule has 0 heterocycles. The van der Waals surface area contributed by atoms with E-state index < -0.39 is 23.4 Å². The van der Waals surface area contributed by atoms with Gasteiger partial charge in [0.1, 0.15) is 11.2 Å². The Balaban J connectivity index is -0.000000588. The Bertz CT molecular complexity index is 419. The predicted molar refractivity (Wildman–Crippen MR) is 103 cm³/mol. The van der Waals surface area contributed by atoms with Gasteiger partial charge in [-0.05, 0) is 60.8 Å². The number of aliphatic imine (C=N–C) groups is 1. The molecule has 0 rings (SSSR count). The lowest BCUT2D eigenvalue weighted by molar-refractivity contribution is 0.0548. The average Bonchev–Trinajstić information content (AvgIpc) is 2.36. The minimum absolute atomic E-state index is 0.130. The molecule has 0 radical (unpaired) electrons. The molecule has 0 unspecified atom stereocenters. The number of nitrogens with zero attached hydrogens (tertiary/aromatic N) is 1. The maximum absolute atomic E-state index is 11.3. The average molecular weight is 381 g/mol. The first kappa shape index (κ1) is 27.7. The van der Waals surface area contributed by atoms with Gasteiger partial charge in [-0.15, -0.1) is 0 Å². The number of alkyl carbamates (subject to hydrolysis) is 2. The van der Waals surface area contributed by atoms with Gasteiger partial charge in [0.15, 0.2) is 11.1 Å². The lowest BCUT2D eigenvalue weighted by Crippen LogP contribution is -2.45. The highest BCUT2D eigenvalue weighted by molar-refractivity contribution is 7.80. The first-order chi connectivity index (χ1) is 11.2. The number of nitrogens with two attached hydrogens (primary N) is 3. The van der Waals surface area contributed by atoms with Crippen molar-refractivity contribution in [2.24, 2.45) is 22.2 Å². The van der Waals surface area contributed by atoms with E-state index in [-0.39, 0.29) is 11.1 Å². The van der Waals surface area contributed by atoms with Crippen molar-refractivity contribution < 1.29 is 19.1 Å². The van der Waals surface area contributed by atoms with Gasteiger partial charge in [-0.25, -0.2) is 9.59 Å². The van der Waals surface area contributed by atoms with E-state index in [0.717, 1.165) is 0 Å². The molecule has 25 heavy (non-hydrogen) atoms. The zero-order chi connectivity index (χ0) is 20.8. The minimum atomic E-state index is -0.733. The number of rotatable bonds is 0. The van der Waals surface area contributed by atoms with Crippen LogP contribution in [0.2, 0.25) is 0 Å². The van der Waals surface area contributed by atoms with Crippen LogP contribution in [-0.4, -0.2) is 48.6 Å². The van der Waals surface area contributed by atoms with E-state index in [0.29, 0.717) is 0 Å². The fourth-order valence-electron chi connectivity index (χ4n) is 0.824. The molecule has 0 aliphatic heterocycles. The molecule has 0 aromatic heterocycles. The monoisotopic (exact) mass is 380 g/mol. The van der Waals surface area contributed by atoms with Gasteiger partial charge in [-0.2, -0.15) is 0 Å². The largest absolute Gasteiger partial charge is 0.444 e. The van der Waals surface area contributed by atoms with Gasteiger partial charge in [0.2, 0.25) is 0 Å². The number of ether oxygens (including phenoxy) is 2. The summed E-state index contributed by atoms with van der Waals surface area (Å²) in [5.41, 5.74) is 12.9. The van der Waals surface area contributed by atoms with Crippen molar-refractivity contribution in [3.05, 3.63) is 0 Å².